The maximum atomic E-state index is 11.8. The van der Waals surface area contributed by atoms with Gasteiger partial charge in [0.1, 0.15) is 0 Å². The Balaban J connectivity index is 2.43. The quantitative estimate of drug-likeness (QED) is 0.392. The Morgan fingerprint density at radius 3 is 2.62 bits per heavy atom. The molecule has 116 valence electrons. The summed E-state index contributed by atoms with van der Waals surface area (Å²) >= 11 is 5.98. The van der Waals surface area contributed by atoms with Gasteiger partial charge in [0.25, 0.3) is 0 Å². The first-order chi connectivity index (χ1) is 10.2. The number of hydrogen-bond donors (Lipinski definition) is 1. The fourth-order valence-electron chi connectivity index (χ4n) is 2.09. The van der Waals surface area contributed by atoms with Crippen LogP contribution in [0, 0.1) is 0 Å². The van der Waals surface area contributed by atoms with Crippen molar-refractivity contribution >= 4 is 23.2 Å². The van der Waals surface area contributed by atoms with Crippen LogP contribution in [0.2, 0.25) is 5.02 Å². The fourth-order valence-corrected chi connectivity index (χ4v) is 2.28. The van der Waals surface area contributed by atoms with E-state index in [1.165, 1.54) is 19.3 Å². The van der Waals surface area contributed by atoms with Gasteiger partial charge >= 0.3 is 0 Å². The lowest BCUT2D eigenvalue weighted by molar-refractivity contribution is -0.121. The molecule has 0 unspecified atom stereocenters. The Labute approximate surface area is 132 Å². The molecule has 0 fully saturated rings. The molecular weight excluding hydrogens is 284 g/mol. The number of benzene rings is 1. The molecule has 0 aliphatic heterocycles. The van der Waals surface area contributed by atoms with Crippen molar-refractivity contribution in [3.8, 4) is 0 Å². The van der Waals surface area contributed by atoms with Gasteiger partial charge in [-0.3, -0.25) is 4.79 Å². The van der Waals surface area contributed by atoms with E-state index in [1.54, 1.807) is 0 Å². The monoisotopic (exact) mass is 308 g/mol. The molecule has 0 saturated heterocycles. The lowest BCUT2D eigenvalue weighted by atomic mass is 10.1. The maximum Gasteiger partial charge on any atom is 0.240 e. The van der Waals surface area contributed by atoms with Crippen molar-refractivity contribution in [3.05, 3.63) is 34.9 Å². The number of nitrogens with one attached hydrogen (secondary N) is 1. The van der Waals surface area contributed by atoms with Crippen LogP contribution >= 0.6 is 11.6 Å². The fraction of sp³-hybridized carbons (Fsp3) is 0.529. The topological polar surface area (TPSA) is 41.5 Å². The van der Waals surface area contributed by atoms with Crippen molar-refractivity contribution in [2.45, 2.75) is 58.8 Å². The molecule has 0 aliphatic rings. The van der Waals surface area contributed by atoms with Crippen molar-refractivity contribution in [1.82, 2.24) is 5.43 Å². The molecule has 0 heterocycles. The van der Waals surface area contributed by atoms with Crippen LogP contribution in [0.5, 0.6) is 0 Å². The Hall–Kier alpha value is -1.35. The van der Waals surface area contributed by atoms with Crippen molar-refractivity contribution in [2.24, 2.45) is 5.10 Å². The van der Waals surface area contributed by atoms with Gasteiger partial charge in [-0.15, -0.1) is 0 Å². The number of carbonyl (C=O) groups is 1. The number of halogens is 1. The summed E-state index contributed by atoms with van der Waals surface area (Å²) in [5.74, 6) is -0.0144. The number of carbonyl (C=O) groups excluding carboxylic acids is 1. The minimum Gasteiger partial charge on any atom is -0.273 e. The molecular formula is C17H25ClN2O. The largest absolute Gasteiger partial charge is 0.273 e. The molecule has 1 aromatic carbocycles. The first-order valence-corrected chi connectivity index (χ1v) is 8.16. The second-order valence-corrected chi connectivity index (χ2v) is 5.56. The van der Waals surface area contributed by atoms with E-state index >= 15 is 0 Å². The standard InChI is InChI=1S/C17H25ClN2O/c1-3-5-6-7-8-12-17(21)20-19-16(4-2)14-10-9-11-15(18)13-14/h9-11,13H,3-8,12H2,1-2H3,(H,20,21)/b19-16+. The first-order valence-electron chi connectivity index (χ1n) is 7.78. The van der Waals surface area contributed by atoms with Gasteiger partial charge in [0.15, 0.2) is 0 Å². The van der Waals surface area contributed by atoms with Gasteiger partial charge < -0.3 is 0 Å². The second-order valence-electron chi connectivity index (χ2n) is 5.12. The SMILES string of the molecule is CCCCCCCC(=O)N/N=C(\CC)c1cccc(Cl)c1. The summed E-state index contributed by atoms with van der Waals surface area (Å²) in [5.41, 5.74) is 4.44. The predicted molar refractivity (Wildman–Crippen MR) is 89.8 cm³/mol. The van der Waals surface area contributed by atoms with Crippen LogP contribution in [-0.4, -0.2) is 11.6 Å². The summed E-state index contributed by atoms with van der Waals surface area (Å²) in [4.78, 5) is 11.8. The lowest BCUT2D eigenvalue weighted by Gasteiger charge is -2.06. The normalized spacial score (nSPS) is 11.5. The zero-order valence-corrected chi connectivity index (χ0v) is 13.7. The van der Waals surface area contributed by atoms with Crippen LogP contribution in [0.1, 0.15) is 64.4 Å². The summed E-state index contributed by atoms with van der Waals surface area (Å²) in [6, 6.07) is 7.53. The van der Waals surface area contributed by atoms with Crippen LogP contribution in [0.4, 0.5) is 0 Å². The Morgan fingerprint density at radius 2 is 1.95 bits per heavy atom. The van der Waals surface area contributed by atoms with E-state index in [1.807, 2.05) is 31.2 Å². The highest BCUT2D eigenvalue weighted by molar-refractivity contribution is 6.31. The van der Waals surface area contributed by atoms with Crippen LogP contribution in [0.25, 0.3) is 0 Å². The molecule has 4 heteroatoms. The van der Waals surface area contributed by atoms with E-state index in [-0.39, 0.29) is 5.91 Å². The molecule has 0 aliphatic carbocycles. The van der Waals surface area contributed by atoms with Gasteiger partial charge in [-0.2, -0.15) is 5.10 Å². The minimum atomic E-state index is -0.0144. The molecule has 1 aromatic rings. The predicted octanol–water partition coefficient (Wildman–Crippen LogP) is 4.93. The zero-order valence-electron chi connectivity index (χ0n) is 13.0. The number of hydrogen-bond acceptors (Lipinski definition) is 2. The smallest absolute Gasteiger partial charge is 0.240 e. The minimum absolute atomic E-state index is 0.0144. The van der Waals surface area contributed by atoms with Crippen molar-refractivity contribution in [1.29, 1.82) is 0 Å². The van der Waals surface area contributed by atoms with Crippen molar-refractivity contribution < 1.29 is 4.79 Å². The molecule has 0 spiro atoms. The maximum absolute atomic E-state index is 11.8. The third-order valence-electron chi connectivity index (χ3n) is 3.32. The third-order valence-corrected chi connectivity index (χ3v) is 3.55. The first kappa shape index (κ1) is 17.7. The van der Waals surface area contributed by atoms with Gasteiger partial charge in [0.2, 0.25) is 5.91 Å². The van der Waals surface area contributed by atoms with Crippen LogP contribution in [-0.2, 0) is 4.79 Å². The highest BCUT2D eigenvalue weighted by Gasteiger charge is 2.04. The molecule has 0 saturated carbocycles. The van der Waals surface area contributed by atoms with Gasteiger partial charge in [-0.1, -0.05) is 63.3 Å². The Bertz CT molecular complexity index is 472. The van der Waals surface area contributed by atoms with Gasteiger partial charge in [-0.25, -0.2) is 5.43 Å². The Morgan fingerprint density at radius 1 is 1.19 bits per heavy atom. The number of nitrogens with zero attached hydrogens (tertiary/aromatic N) is 1. The number of rotatable bonds is 9. The van der Waals surface area contributed by atoms with Gasteiger partial charge in [0.05, 0.1) is 5.71 Å². The summed E-state index contributed by atoms with van der Waals surface area (Å²) in [6.45, 7) is 4.19. The highest BCUT2D eigenvalue weighted by atomic mass is 35.5. The zero-order chi connectivity index (χ0) is 15.5. The number of amides is 1. The van der Waals surface area contributed by atoms with Crippen molar-refractivity contribution in [3.63, 3.8) is 0 Å². The van der Waals surface area contributed by atoms with Crippen molar-refractivity contribution in [2.75, 3.05) is 0 Å². The average molecular weight is 309 g/mol. The third kappa shape index (κ3) is 7.28. The van der Waals surface area contributed by atoms with E-state index in [4.69, 9.17) is 11.6 Å². The molecule has 1 rings (SSSR count). The molecule has 1 amide bonds. The van der Waals surface area contributed by atoms with E-state index < -0.39 is 0 Å². The average Bonchev–Trinajstić information content (AvgIpc) is 2.48. The number of hydrazone groups is 1. The molecule has 3 nitrogen and oxygen atoms in total. The van der Waals surface area contributed by atoms with Crippen LogP contribution in [0.3, 0.4) is 0 Å². The highest BCUT2D eigenvalue weighted by Crippen LogP contribution is 2.12. The van der Waals surface area contributed by atoms with Gasteiger partial charge in [-0.05, 0) is 30.5 Å². The lowest BCUT2D eigenvalue weighted by Crippen LogP contribution is -2.19. The molecule has 0 aromatic heterocycles. The second kappa shape index (κ2) is 10.4. The van der Waals surface area contributed by atoms with E-state index in [0.29, 0.717) is 11.4 Å². The molecule has 1 N–H and O–H groups in total. The summed E-state index contributed by atoms with van der Waals surface area (Å²) in [6.07, 6.45) is 7.00. The van der Waals surface area contributed by atoms with Crippen LogP contribution < -0.4 is 5.43 Å². The molecule has 0 bridgehead atoms. The van der Waals surface area contributed by atoms with Gasteiger partial charge in [0, 0.05) is 11.4 Å². The van der Waals surface area contributed by atoms with E-state index in [0.717, 1.165) is 30.5 Å². The molecule has 21 heavy (non-hydrogen) atoms. The molecule has 0 atom stereocenters. The summed E-state index contributed by atoms with van der Waals surface area (Å²) < 4.78 is 0. The molecule has 0 radical (unpaired) electrons. The summed E-state index contributed by atoms with van der Waals surface area (Å²) in [7, 11) is 0. The van der Waals surface area contributed by atoms with E-state index in [2.05, 4.69) is 17.5 Å². The van der Waals surface area contributed by atoms with Crippen LogP contribution in [0.15, 0.2) is 29.4 Å². The van der Waals surface area contributed by atoms with E-state index in [9.17, 15) is 4.79 Å². The Kier molecular flexibility index (Phi) is 8.76. The number of unbranched alkanes of at least 4 members (excludes halogenated alkanes) is 4. The summed E-state index contributed by atoms with van der Waals surface area (Å²) in [5, 5.41) is 4.90.